The molecule has 3 heterocycles. The summed E-state index contributed by atoms with van der Waals surface area (Å²) in [6.45, 7) is 0. The molecule has 0 unspecified atom stereocenters. The number of amides is 1. The molecule has 0 aliphatic rings. The first-order valence-electron chi connectivity index (χ1n) is 7.56. The number of anilines is 1. The molecule has 0 radical (unpaired) electrons. The number of hydrogen-bond acceptors (Lipinski definition) is 5. The highest BCUT2D eigenvalue weighted by molar-refractivity contribution is 6.02. The fourth-order valence-electron chi connectivity index (χ4n) is 2.34. The average Bonchev–Trinajstić information content (AvgIpc) is 3.35. The Hall–Kier alpha value is -3.74. The van der Waals surface area contributed by atoms with E-state index in [0.717, 1.165) is 16.9 Å². The van der Waals surface area contributed by atoms with Crippen LogP contribution in [0.1, 0.15) is 10.6 Å². The van der Waals surface area contributed by atoms with Crippen LogP contribution in [0, 0.1) is 0 Å². The molecular weight excluding hydrogens is 318 g/mol. The van der Waals surface area contributed by atoms with E-state index in [9.17, 15) is 4.79 Å². The lowest BCUT2D eigenvalue weighted by molar-refractivity contribution is 0.0996. The molecule has 7 nitrogen and oxygen atoms in total. The van der Waals surface area contributed by atoms with Crippen molar-refractivity contribution < 1.29 is 9.21 Å². The number of carbonyl (C=O) groups excluding carboxylic acids is 1. The molecule has 4 aromatic rings. The number of nitrogens with one attached hydrogen (secondary N) is 1. The summed E-state index contributed by atoms with van der Waals surface area (Å²) < 4.78 is 6.81. The monoisotopic (exact) mass is 331 g/mol. The number of furan rings is 1. The topological polar surface area (TPSA) is 85.8 Å². The predicted octanol–water partition coefficient (Wildman–Crippen LogP) is 3.17. The molecule has 0 saturated heterocycles. The minimum Gasteiger partial charge on any atom is -0.459 e. The van der Waals surface area contributed by atoms with Crippen molar-refractivity contribution in [2.75, 3.05) is 5.32 Å². The van der Waals surface area contributed by atoms with Crippen LogP contribution in [0.5, 0.6) is 0 Å². The van der Waals surface area contributed by atoms with Crippen molar-refractivity contribution >= 4 is 11.6 Å². The van der Waals surface area contributed by atoms with Gasteiger partial charge in [-0.2, -0.15) is 5.10 Å². The third kappa shape index (κ3) is 3.16. The van der Waals surface area contributed by atoms with Gasteiger partial charge in [0.15, 0.2) is 5.76 Å². The van der Waals surface area contributed by atoms with Crippen molar-refractivity contribution in [3.05, 3.63) is 79.4 Å². The van der Waals surface area contributed by atoms with Gasteiger partial charge < -0.3 is 9.73 Å². The van der Waals surface area contributed by atoms with Gasteiger partial charge in [-0.05, 0) is 36.4 Å². The van der Waals surface area contributed by atoms with Gasteiger partial charge in [-0.15, -0.1) is 0 Å². The van der Waals surface area contributed by atoms with Crippen LogP contribution in [-0.2, 0) is 0 Å². The number of benzene rings is 1. The van der Waals surface area contributed by atoms with Gasteiger partial charge in [0.05, 0.1) is 30.0 Å². The zero-order chi connectivity index (χ0) is 17.1. The smallest absolute Gasteiger partial charge is 0.291 e. The van der Waals surface area contributed by atoms with Crippen LogP contribution in [0.4, 0.5) is 5.69 Å². The Kier molecular flexibility index (Phi) is 3.80. The summed E-state index contributed by atoms with van der Waals surface area (Å²) in [4.78, 5) is 20.3. The molecule has 7 heteroatoms. The molecule has 25 heavy (non-hydrogen) atoms. The van der Waals surface area contributed by atoms with Crippen LogP contribution in [0.25, 0.3) is 16.9 Å². The lowest BCUT2D eigenvalue weighted by atomic mass is 10.2. The Bertz CT molecular complexity index is 976. The Balaban J connectivity index is 1.51. The first kappa shape index (κ1) is 14.8. The van der Waals surface area contributed by atoms with E-state index in [1.807, 2.05) is 18.3 Å². The van der Waals surface area contributed by atoms with E-state index in [1.54, 1.807) is 53.7 Å². The van der Waals surface area contributed by atoms with Gasteiger partial charge in [0.1, 0.15) is 0 Å². The SMILES string of the molecule is O=C(Nc1ccc(-n2cc(-c3cnccn3)cn2)cc1)c1ccco1. The molecule has 4 rings (SSSR count). The molecule has 1 aromatic carbocycles. The summed E-state index contributed by atoms with van der Waals surface area (Å²) in [5.74, 6) is -0.0217. The largest absolute Gasteiger partial charge is 0.459 e. The Labute approximate surface area is 143 Å². The van der Waals surface area contributed by atoms with Crippen molar-refractivity contribution in [2.45, 2.75) is 0 Å². The van der Waals surface area contributed by atoms with E-state index in [-0.39, 0.29) is 11.7 Å². The van der Waals surface area contributed by atoms with Gasteiger partial charge >= 0.3 is 0 Å². The molecule has 1 amide bonds. The second-order valence-electron chi connectivity index (χ2n) is 5.24. The lowest BCUT2D eigenvalue weighted by Crippen LogP contribution is -2.10. The van der Waals surface area contributed by atoms with Crippen molar-refractivity contribution in [3.63, 3.8) is 0 Å². The molecule has 0 atom stereocenters. The Morgan fingerprint density at radius 2 is 1.96 bits per heavy atom. The fraction of sp³-hybridized carbons (Fsp3) is 0. The molecule has 0 aliphatic heterocycles. The van der Waals surface area contributed by atoms with Crippen molar-refractivity contribution in [3.8, 4) is 16.9 Å². The van der Waals surface area contributed by atoms with E-state index in [4.69, 9.17) is 4.42 Å². The highest BCUT2D eigenvalue weighted by Crippen LogP contribution is 2.18. The summed E-state index contributed by atoms with van der Waals surface area (Å²) in [5.41, 5.74) is 3.18. The number of nitrogens with zero attached hydrogens (tertiary/aromatic N) is 4. The first-order chi connectivity index (χ1) is 12.3. The molecule has 3 aromatic heterocycles. The Morgan fingerprint density at radius 3 is 2.68 bits per heavy atom. The van der Waals surface area contributed by atoms with Crippen molar-refractivity contribution in [2.24, 2.45) is 0 Å². The summed E-state index contributed by atoms with van der Waals surface area (Å²) in [5, 5.41) is 7.11. The summed E-state index contributed by atoms with van der Waals surface area (Å²) in [7, 11) is 0. The zero-order valence-corrected chi connectivity index (χ0v) is 13.0. The highest BCUT2D eigenvalue weighted by atomic mass is 16.3. The molecule has 0 fully saturated rings. The maximum absolute atomic E-state index is 12.0. The molecule has 0 spiro atoms. The Morgan fingerprint density at radius 1 is 1.08 bits per heavy atom. The fourth-order valence-corrected chi connectivity index (χ4v) is 2.34. The number of rotatable bonds is 4. The number of carbonyl (C=O) groups is 1. The van der Waals surface area contributed by atoms with E-state index in [1.165, 1.54) is 6.26 Å². The van der Waals surface area contributed by atoms with E-state index in [2.05, 4.69) is 20.4 Å². The second-order valence-corrected chi connectivity index (χ2v) is 5.24. The van der Waals surface area contributed by atoms with Crippen LogP contribution in [0.3, 0.4) is 0 Å². The zero-order valence-electron chi connectivity index (χ0n) is 13.0. The highest BCUT2D eigenvalue weighted by Gasteiger charge is 2.09. The van der Waals surface area contributed by atoms with Crippen LogP contribution in [-0.4, -0.2) is 25.7 Å². The third-order valence-electron chi connectivity index (χ3n) is 3.58. The summed E-state index contributed by atoms with van der Waals surface area (Å²) in [6.07, 6.45) is 10.0. The average molecular weight is 331 g/mol. The lowest BCUT2D eigenvalue weighted by Gasteiger charge is -2.05. The normalized spacial score (nSPS) is 10.6. The van der Waals surface area contributed by atoms with Gasteiger partial charge in [0.2, 0.25) is 0 Å². The molecular formula is C18H13N5O2. The summed E-state index contributed by atoms with van der Waals surface area (Å²) >= 11 is 0. The minimum absolute atomic E-state index is 0.268. The van der Waals surface area contributed by atoms with E-state index >= 15 is 0 Å². The number of aromatic nitrogens is 4. The maximum atomic E-state index is 12.0. The van der Waals surface area contributed by atoms with Crippen molar-refractivity contribution in [1.82, 2.24) is 19.7 Å². The van der Waals surface area contributed by atoms with Crippen LogP contribution >= 0.6 is 0 Å². The maximum Gasteiger partial charge on any atom is 0.291 e. The third-order valence-corrected chi connectivity index (χ3v) is 3.58. The molecule has 0 aliphatic carbocycles. The first-order valence-corrected chi connectivity index (χ1v) is 7.56. The molecule has 0 saturated carbocycles. The van der Waals surface area contributed by atoms with Gasteiger partial charge in [-0.1, -0.05) is 0 Å². The van der Waals surface area contributed by atoms with Gasteiger partial charge in [0, 0.05) is 29.8 Å². The van der Waals surface area contributed by atoms with E-state index < -0.39 is 0 Å². The van der Waals surface area contributed by atoms with Crippen LogP contribution in [0.15, 0.2) is 78.1 Å². The second kappa shape index (κ2) is 6.40. The van der Waals surface area contributed by atoms with Crippen LogP contribution < -0.4 is 5.32 Å². The summed E-state index contributed by atoms with van der Waals surface area (Å²) in [6, 6.07) is 10.6. The van der Waals surface area contributed by atoms with E-state index in [0.29, 0.717) is 5.69 Å². The molecule has 122 valence electrons. The van der Waals surface area contributed by atoms with Gasteiger partial charge in [-0.25, -0.2) is 4.68 Å². The number of hydrogen-bond donors (Lipinski definition) is 1. The van der Waals surface area contributed by atoms with Crippen LogP contribution in [0.2, 0.25) is 0 Å². The van der Waals surface area contributed by atoms with Gasteiger partial charge in [-0.3, -0.25) is 14.8 Å². The standard InChI is InChI=1S/C18H13N5O2/c24-18(17-2-1-9-25-17)22-14-3-5-15(6-4-14)23-12-13(10-21-23)16-11-19-7-8-20-16/h1-12H,(H,22,24). The van der Waals surface area contributed by atoms with Gasteiger partial charge in [0.25, 0.3) is 5.91 Å². The minimum atomic E-state index is -0.290. The quantitative estimate of drug-likeness (QED) is 0.621. The predicted molar refractivity (Wildman–Crippen MR) is 91.3 cm³/mol. The molecule has 0 bridgehead atoms. The molecule has 1 N–H and O–H groups in total. The van der Waals surface area contributed by atoms with Crippen molar-refractivity contribution in [1.29, 1.82) is 0 Å².